The van der Waals surface area contributed by atoms with E-state index >= 15 is 0 Å². The summed E-state index contributed by atoms with van der Waals surface area (Å²) in [4.78, 5) is 39.2. The van der Waals surface area contributed by atoms with Gasteiger partial charge in [-0.25, -0.2) is 9.59 Å². The minimum Gasteiger partial charge on any atom is -0.480 e. The second kappa shape index (κ2) is 9.37. The van der Waals surface area contributed by atoms with Gasteiger partial charge in [0.2, 0.25) is 0 Å². The molecule has 5 rings (SSSR count). The number of nitrogens with one attached hydrogen (secondary N) is 2. The number of H-pyrrole nitrogens is 1. The number of carboxylic acids is 1. The van der Waals surface area contributed by atoms with Crippen molar-refractivity contribution >= 4 is 34.8 Å². The van der Waals surface area contributed by atoms with Gasteiger partial charge in [0, 0.05) is 31.3 Å². The molecule has 2 aromatic carbocycles. The van der Waals surface area contributed by atoms with E-state index in [1.165, 1.54) is 0 Å². The molecule has 2 aliphatic rings. The van der Waals surface area contributed by atoms with Crippen LogP contribution in [0.1, 0.15) is 35.1 Å². The van der Waals surface area contributed by atoms with Gasteiger partial charge in [0.25, 0.3) is 0 Å². The number of carbonyl (C=O) groups is 3. The van der Waals surface area contributed by atoms with Crippen molar-refractivity contribution in [3.8, 4) is 0 Å². The van der Waals surface area contributed by atoms with Crippen LogP contribution in [0.25, 0.3) is 17.0 Å². The van der Waals surface area contributed by atoms with Crippen LogP contribution in [-0.4, -0.2) is 57.1 Å². The SMILES string of the molecule is Cc1cc(C[C@@H](NC(=O)N2CCC(C3=Cc4ccccc4CC3=O)CC2)C(=O)O)cc2cn[nH]c12. The third-order valence-corrected chi connectivity index (χ3v) is 7.10. The molecule has 180 valence electrons. The standard InChI is InChI=1S/C27H28N4O4/c1-16-10-17(11-21-15-28-30-25(16)21)12-23(26(33)34)29-27(35)31-8-6-18(7-9-31)22-13-19-4-2-3-5-20(19)14-24(22)32/h2-5,10-11,13,15,18,23H,6-9,12,14H2,1H3,(H,28,30)(H,29,35)(H,33,34)/t23-/m1/s1. The van der Waals surface area contributed by atoms with Crippen LogP contribution in [0.15, 0.2) is 48.2 Å². The summed E-state index contributed by atoms with van der Waals surface area (Å²) >= 11 is 0. The molecular formula is C27H28N4O4. The molecule has 1 fully saturated rings. The monoisotopic (exact) mass is 472 g/mol. The average molecular weight is 473 g/mol. The number of benzene rings is 2. The van der Waals surface area contributed by atoms with Gasteiger partial charge < -0.3 is 15.3 Å². The molecule has 35 heavy (non-hydrogen) atoms. The predicted octanol–water partition coefficient (Wildman–Crippen LogP) is 3.50. The van der Waals surface area contributed by atoms with Crippen molar-refractivity contribution in [2.24, 2.45) is 5.92 Å². The molecule has 0 bridgehead atoms. The highest BCUT2D eigenvalue weighted by Gasteiger charge is 2.31. The zero-order valence-electron chi connectivity index (χ0n) is 19.6. The largest absolute Gasteiger partial charge is 0.480 e. The molecule has 8 nitrogen and oxygen atoms in total. The minimum absolute atomic E-state index is 0.111. The second-order valence-electron chi connectivity index (χ2n) is 9.45. The van der Waals surface area contributed by atoms with Gasteiger partial charge in [0.15, 0.2) is 5.78 Å². The van der Waals surface area contributed by atoms with Crippen LogP contribution >= 0.6 is 0 Å². The van der Waals surface area contributed by atoms with Crippen molar-refractivity contribution in [3.63, 3.8) is 0 Å². The minimum atomic E-state index is -1.07. The van der Waals surface area contributed by atoms with Crippen molar-refractivity contribution in [2.75, 3.05) is 13.1 Å². The van der Waals surface area contributed by atoms with E-state index in [9.17, 15) is 19.5 Å². The first-order valence-electron chi connectivity index (χ1n) is 11.9. The van der Waals surface area contributed by atoms with Crippen molar-refractivity contribution in [1.29, 1.82) is 0 Å². The summed E-state index contributed by atoms with van der Waals surface area (Å²) in [5, 5.41) is 20.3. The first-order valence-corrected chi connectivity index (χ1v) is 11.9. The quantitative estimate of drug-likeness (QED) is 0.526. The topological polar surface area (TPSA) is 115 Å². The van der Waals surface area contributed by atoms with E-state index in [4.69, 9.17) is 0 Å². The lowest BCUT2D eigenvalue weighted by atomic mass is 9.80. The lowest BCUT2D eigenvalue weighted by Crippen LogP contribution is -2.51. The van der Waals surface area contributed by atoms with E-state index < -0.39 is 12.0 Å². The smallest absolute Gasteiger partial charge is 0.326 e. The Labute approximate surface area is 203 Å². The highest BCUT2D eigenvalue weighted by molar-refractivity contribution is 6.04. The van der Waals surface area contributed by atoms with Gasteiger partial charge in [-0.05, 0) is 65.7 Å². The second-order valence-corrected chi connectivity index (χ2v) is 9.45. The fourth-order valence-electron chi connectivity index (χ4n) is 5.20. The molecule has 8 heteroatoms. The van der Waals surface area contributed by atoms with Crippen molar-refractivity contribution in [2.45, 2.75) is 38.6 Å². The number of rotatable bonds is 5. The van der Waals surface area contributed by atoms with Gasteiger partial charge in [-0.2, -0.15) is 5.10 Å². The predicted molar refractivity (Wildman–Crippen MR) is 132 cm³/mol. The fourth-order valence-corrected chi connectivity index (χ4v) is 5.20. The maximum atomic E-state index is 12.9. The Hall–Kier alpha value is -3.94. The molecule has 1 atom stereocenters. The van der Waals surface area contributed by atoms with Gasteiger partial charge >= 0.3 is 12.0 Å². The Bertz CT molecular complexity index is 1330. The molecule has 3 N–H and O–H groups in total. The number of Topliss-reactive ketones (excluding diaryl/α,β-unsaturated/α-hetero) is 1. The van der Waals surface area contributed by atoms with Crippen LogP contribution in [0.3, 0.4) is 0 Å². The van der Waals surface area contributed by atoms with Crippen LogP contribution in [0.2, 0.25) is 0 Å². The number of aryl methyl sites for hydroxylation is 1. The number of hydrogen-bond acceptors (Lipinski definition) is 4. The van der Waals surface area contributed by atoms with E-state index in [1.807, 2.05) is 49.4 Å². The van der Waals surface area contributed by atoms with E-state index in [0.29, 0.717) is 32.4 Å². The lowest BCUT2D eigenvalue weighted by molar-refractivity contribution is -0.139. The molecular weight excluding hydrogens is 444 g/mol. The number of piperidine rings is 1. The zero-order valence-corrected chi connectivity index (χ0v) is 19.6. The lowest BCUT2D eigenvalue weighted by Gasteiger charge is -2.34. The molecule has 2 amide bonds. The number of likely N-dealkylation sites (tertiary alicyclic amines) is 1. The Morgan fingerprint density at radius 3 is 2.77 bits per heavy atom. The van der Waals surface area contributed by atoms with Crippen molar-refractivity contribution < 1.29 is 19.5 Å². The number of aliphatic carboxylic acids is 1. The zero-order chi connectivity index (χ0) is 24.5. The Morgan fingerprint density at radius 1 is 1.23 bits per heavy atom. The molecule has 0 spiro atoms. The summed E-state index contributed by atoms with van der Waals surface area (Å²) in [5.74, 6) is -0.808. The maximum Gasteiger partial charge on any atom is 0.326 e. The maximum absolute atomic E-state index is 12.9. The normalized spacial score (nSPS) is 17.1. The molecule has 1 saturated heterocycles. The van der Waals surface area contributed by atoms with E-state index in [2.05, 4.69) is 15.5 Å². The number of carboxylic acid groups (broad SMARTS) is 1. The summed E-state index contributed by atoms with van der Waals surface area (Å²) in [6.45, 7) is 2.90. The molecule has 1 aliphatic heterocycles. The van der Waals surface area contributed by atoms with Crippen LogP contribution in [0.4, 0.5) is 4.79 Å². The van der Waals surface area contributed by atoms with Crippen LogP contribution in [0.5, 0.6) is 0 Å². The first-order chi connectivity index (χ1) is 16.9. The third-order valence-electron chi connectivity index (χ3n) is 7.10. The number of allylic oxidation sites excluding steroid dienone is 1. The number of aromatic nitrogens is 2. The summed E-state index contributed by atoms with van der Waals surface area (Å²) in [6.07, 6.45) is 5.67. The van der Waals surface area contributed by atoms with Gasteiger partial charge in [0.1, 0.15) is 6.04 Å². The van der Waals surface area contributed by atoms with Gasteiger partial charge in [-0.1, -0.05) is 30.3 Å². The average Bonchev–Trinajstić information content (AvgIpc) is 3.32. The van der Waals surface area contributed by atoms with Crippen LogP contribution < -0.4 is 5.32 Å². The number of urea groups is 1. The number of nitrogens with zero attached hydrogens (tertiary/aromatic N) is 2. The summed E-state index contributed by atoms with van der Waals surface area (Å²) in [6, 6.07) is 10.3. The molecule has 1 aliphatic carbocycles. The Kier molecular flexibility index (Phi) is 6.11. The number of hydrogen-bond donors (Lipinski definition) is 3. The number of amides is 2. The van der Waals surface area contributed by atoms with E-state index in [0.717, 1.165) is 38.7 Å². The molecule has 0 unspecified atom stereocenters. The van der Waals surface area contributed by atoms with Crippen molar-refractivity contribution in [3.05, 3.63) is 70.4 Å². The molecule has 0 radical (unpaired) electrons. The Balaban J connectivity index is 1.22. The van der Waals surface area contributed by atoms with Crippen LogP contribution in [-0.2, 0) is 22.4 Å². The number of ketones is 1. The van der Waals surface area contributed by atoms with E-state index in [-0.39, 0.29) is 24.2 Å². The van der Waals surface area contributed by atoms with Crippen molar-refractivity contribution in [1.82, 2.24) is 20.4 Å². The molecule has 3 aromatic rings. The summed E-state index contributed by atoms with van der Waals surface area (Å²) in [5.41, 5.74) is 5.71. The fraction of sp³-hybridized carbons (Fsp3) is 0.333. The first kappa shape index (κ1) is 22.8. The molecule has 2 heterocycles. The summed E-state index contributed by atoms with van der Waals surface area (Å²) < 4.78 is 0. The number of fused-ring (bicyclic) bond motifs is 2. The number of carbonyl (C=O) groups excluding carboxylic acids is 2. The van der Waals surface area contributed by atoms with Crippen LogP contribution in [0, 0.1) is 12.8 Å². The highest BCUT2D eigenvalue weighted by Crippen LogP contribution is 2.32. The Morgan fingerprint density at radius 2 is 2.00 bits per heavy atom. The van der Waals surface area contributed by atoms with Gasteiger partial charge in [0.05, 0.1) is 11.7 Å². The number of aromatic amines is 1. The third kappa shape index (κ3) is 4.69. The molecule has 1 aromatic heterocycles. The summed E-state index contributed by atoms with van der Waals surface area (Å²) in [7, 11) is 0. The highest BCUT2D eigenvalue weighted by atomic mass is 16.4. The molecule has 0 saturated carbocycles. The van der Waals surface area contributed by atoms with Gasteiger partial charge in [-0.15, -0.1) is 0 Å². The van der Waals surface area contributed by atoms with Gasteiger partial charge in [-0.3, -0.25) is 9.89 Å². The van der Waals surface area contributed by atoms with E-state index in [1.54, 1.807) is 11.1 Å².